The molecule has 0 aliphatic carbocycles. The average Bonchev–Trinajstić information content (AvgIpc) is 1.72. The lowest BCUT2D eigenvalue weighted by molar-refractivity contribution is -0.303. The van der Waals surface area contributed by atoms with Gasteiger partial charge < -0.3 is 50.5 Å². The first-order chi connectivity index (χ1) is 43.7. The molecule has 0 bridgehead atoms. The number of hydrogen-bond acceptors (Lipinski definition) is 10. The number of aliphatic hydroxyl groups excluding tert-OH is 7. The third-order valence-electron chi connectivity index (χ3n) is 19.2. The van der Waals surface area contributed by atoms with Gasteiger partial charge in [-0.15, -0.1) is 0 Å². The van der Waals surface area contributed by atoms with Crippen molar-refractivity contribution in [1.29, 1.82) is 0 Å². The van der Waals surface area contributed by atoms with Crippen LogP contribution in [0.15, 0.2) is 24.3 Å². The fraction of sp³-hybridized carbons (Fsp3) is 0.936. The Bertz CT molecular complexity index is 1500. The number of carbonyl (C=O) groups excluding carboxylic acids is 1. The van der Waals surface area contributed by atoms with Gasteiger partial charge in [-0.1, -0.05) is 372 Å². The summed E-state index contributed by atoms with van der Waals surface area (Å²) in [5.74, 6) is -0.702. The molecule has 1 heterocycles. The van der Waals surface area contributed by atoms with Crippen LogP contribution in [0.2, 0.25) is 0 Å². The second-order valence-electron chi connectivity index (χ2n) is 27.8. The molecule has 1 aliphatic heterocycles. The van der Waals surface area contributed by atoms with Gasteiger partial charge in [-0.3, -0.25) is 4.79 Å². The summed E-state index contributed by atoms with van der Waals surface area (Å²) in [6.45, 7) is 3.51. The third-order valence-corrected chi connectivity index (χ3v) is 19.2. The maximum Gasteiger partial charge on any atom is 0.249 e. The smallest absolute Gasteiger partial charge is 0.249 e. The van der Waals surface area contributed by atoms with Crippen molar-refractivity contribution >= 4 is 5.91 Å². The number of hydrogen-bond donors (Lipinski definition) is 8. The summed E-state index contributed by atoms with van der Waals surface area (Å²) in [6, 6.07) is -1.19. The fourth-order valence-electron chi connectivity index (χ4n) is 13.0. The summed E-state index contributed by atoms with van der Waals surface area (Å²) >= 11 is 0. The number of allylic oxidation sites excluding steroid dienone is 4. The first-order valence-electron chi connectivity index (χ1n) is 39.2. The molecule has 0 spiro atoms. The molecule has 1 amide bonds. The number of carbonyl (C=O) groups is 1. The van der Waals surface area contributed by atoms with Crippen LogP contribution in [-0.2, 0) is 14.3 Å². The van der Waals surface area contributed by atoms with Crippen molar-refractivity contribution in [1.82, 2.24) is 5.32 Å². The van der Waals surface area contributed by atoms with Crippen molar-refractivity contribution in [2.24, 2.45) is 0 Å². The molecular formula is C78H151NO10. The second-order valence-corrected chi connectivity index (χ2v) is 27.8. The number of nitrogens with one attached hydrogen (secondary N) is 1. The highest BCUT2D eigenvalue weighted by molar-refractivity contribution is 5.80. The SMILES string of the molecule is CCCCCCCCCCCCCCCCC/C=C/CC/C=C/CCCC(O)C(O)C(COC1OC(CO)C(O)C(O)C1O)NC(=O)C(O)CCCCCCCCCCCCCCCCCCCCCCCCCCCCCCCCCCCCCCCC. The molecule has 1 fully saturated rings. The molecule has 89 heavy (non-hydrogen) atoms. The van der Waals surface area contributed by atoms with Crippen LogP contribution in [0.1, 0.15) is 399 Å². The summed E-state index contributed by atoms with van der Waals surface area (Å²) < 4.78 is 11.2. The zero-order chi connectivity index (χ0) is 64.6. The molecule has 1 aliphatic rings. The van der Waals surface area contributed by atoms with E-state index in [0.29, 0.717) is 19.3 Å². The lowest BCUT2D eigenvalue weighted by Crippen LogP contribution is -2.60. The number of ether oxygens (including phenoxy) is 2. The molecule has 1 rings (SSSR count). The lowest BCUT2D eigenvalue weighted by Gasteiger charge is -2.40. The van der Waals surface area contributed by atoms with E-state index in [-0.39, 0.29) is 12.8 Å². The van der Waals surface area contributed by atoms with E-state index < -0.39 is 74.2 Å². The Morgan fingerprint density at radius 3 is 1.00 bits per heavy atom. The zero-order valence-electron chi connectivity index (χ0n) is 58.7. The first kappa shape index (κ1) is 85.6. The van der Waals surface area contributed by atoms with Crippen molar-refractivity contribution < 1.29 is 50.0 Å². The molecule has 11 heteroatoms. The molecule has 0 aromatic rings. The molecule has 0 radical (unpaired) electrons. The molecule has 0 saturated carbocycles. The van der Waals surface area contributed by atoms with Gasteiger partial charge >= 0.3 is 0 Å². The fourth-order valence-corrected chi connectivity index (χ4v) is 13.0. The van der Waals surface area contributed by atoms with Crippen LogP contribution in [0.4, 0.5) is 0 Å². The molecule has 11 nitrogen and oxygen atoms in total. The lowest BCUT2D eigenvalue weighted by atomic mass is 9.98. The second kappa shape index (κ2) is 66.6. The van der Waals surface area contributed by atoms with Gasteiger partial charge in [0.1, 0.15) is 36.6 Å². The van der Waals surface area contributed by atoms with E-state index in [2.05, 4.69) is 43.5 Å². The van der Waals surface area contributed by atoms with Gasteiger partial charge in [0, 0.05) is 0 Å². The summed E-state index contributed by atoms with van der Waals surface area (Å²) in [4.78, 5) is 13.3. The topological polar surface area (TPSA) is 189 Å². The first-order valence-corrected chi connectivity index (χ1v) is 39.2. The molecule has 1 saturated heterocycles. The summed E-state index contributed by atoms with van der Waals surface area (Å²) in [5.41, 5.74) is 0. The summed E-state index contributed by atoms with van der Waals surface area (Å²) in [5, 5.41) is 76.6. The van der Waals surface area contributed by atoms with Gasteiger partial charge in [0.15, 0.2) is 6.29 Å². The van der Waals surface area contributed by atoms with Crippen molar-refractivity contribution in [2.45, 2.75) is 454 Å². The van der Waals surface area contributed by atoms with Crippen LogP contribution in [0.25, 0.3) is 0 Å². The van der Waals surface area contributed by atoms with E-state index >= 15 is 0 Å². The number of unbranched alkanes of at least 4 members (excludes halogenated alkanes) is 54. The molecule has 9 atom stereocenters. The highest BCUT2D eigenvalue weighted by Crippen LogP contribution is 2.24. The highest BCUT2D eigenvalue weighted by Gasteiger charge is 2.44. The minimum Gasteiger partial charge on any atom is -0.394 e. The van der Waals surface area contributed by atoms with Gasteiger partial charge in [0.25, 0.3) is 0 Å². The Morgan fingerprint density at radius 1 is 0.382 bits per heavy atom. The van der Waals surface area contributed by atoms with Gasteiger partial charge in [-0.25, -0.2) is 0 Å². The van der Waals surface area contributed by atoms with E-state index in [0.717, 1.165) is 38.5 Å². The van der Waals surface area contributed by atoms with Crippen LogP contribution in [0.3, 0.4) is 0 Å². The standard InChI is InChI=1S/C78H151NO10/c1-3-5-7-9-11-13-15-17-19-21-23-25-27-29-30-31-32-33-34-35-36-37-38-39-40-41-42-44-46-48-50-52-54-56-58-60-62-64-66-71(82)77(87)79-69(68-88-78-76(86)75(85)74(84)72(67-80)89-78)73(83)70(81)65-63-61-59-57-55-53-51-49-47-45-43-28-26-24-22-20-18-16-14-12-10-8-6-4-2/h49,51,57,59,69-76,78,80-86H,3-48,50,52-56,58,60-68H2,1-2H3,(H,79,87)/b51-49+,59-57+. The minimum absolute atomic E-state index is 0.249. The van der Waals surface area contributed by atoms with Crippen molar-refractivity contribution in [2.75, 3.05) is 13.2 Å². The Balaban J connectivity index is 2.12. The zero-order valence-corrected chi connectivity index (χ0v) is 58.7. The van der Waals surface area contributed by atoms with Gasteiger partial charge in [-0.05, 0) is 51.4 Å². The van der Waals surface area contributed by atoms with Crippen LogP contribution in [-0.4, -0.2) is 110 Å². The largest absolute Gasteiger partial charge is 0.394 e. The maximum absolute atomic E-state index is 13.3. The number of rotatable bonds is 70. The predicted octanol–water partition coefficient (Wildman–Crippen LogP) is 19.9. The molecule has 0 aromatic carbocycles. The van der Waals surface area contributed by atoms with Crippen LogP contribution >= 0.6 is 0 Å². The average molecular weight is 1260 g/mol. The maximum atomic E-state index is 13.3. The molecule has 8 N–H and O–H groups in total. The van der Waals surface area contributed by atoms with Crippen molar-refractivity contribution in [3.8, 4) is 0 Å². The molecular weight excluding hydrogens is 1110 g/mol. The highest BCUT2D eigenvalue weighted by atomic mass is 16.7. The predicted molar refractivity (Wildman–Crippen MR) is 376 cm³/mol. The van der Waals surface area contributed by atoms with Gasteiger partial charge in [-0.2, -0.15) is 0 Å². The van der Waals surface area contributed by atoms with E-state index in [9.17, 15) is 40.5 Å². The molecule has 0 aromatic heterocycles. The summed E-state index contributed by atoms with van der Waals surface area (Å²) in [6.07, 6.45) is 74.5. The normalized spacial score (nSPS) is 18.6. The van der Waals surface area contributed by atoms with E-state index in [4.69, 9.17) is 9.47 Å². The Labute approximate surface area is 550 Å². The molecule has 9 unspecified atom stereocenters. The monoisotopic (exact) mass is 1260 g/mol. The van der Waals surface area contributed by atoms with Crippen LogP contribution < -0.4 is 5.32 Å². The minimum atomic E-state index is -1.67. The van der Waals surface area contributed by atoms with Gasteiger partial charge in [0.2, 0.25) is 5.91 Å². The quantitative estimate of drug-likeness (QED) is 0.0215. The third kappa shape index (κ3) is 53.5. The van der Waals surface area contributed by atoms with E-state index in [1.165, 1.54) is 315 Å². The van der Waals surface area contributed by atoms with E-state index in [1.807, 2.05) is 0 Å². The molecule has 528 valence electrons. The van der Waals surface area contributed by atoms with Crippen LogP contribution in [0.5, 0.6) is 0 Å². The van der Waals surface area contributed by atoms with Crippen molar-refractivity contribution in [3.63, 3.8) is 0 Å². The van der Waals surface area contributed by atoms with Crippen LogP contribution in [0, 0.1) is 0 Å². The number of amides is 1. The van der Waals surface area contributed by atoms with Gasteiger partial charge in [0.05, 0.1) is 25.4 Å². The Morgan fingerprint density at radius 2 is 0.674 bits per heavy atom. The number of aliphatic hydroxyl groups is 7. The Kier molecular flexibility index (Phi) is 64.1. The van der Waals surface area contributed by atoms with Crippen molar-refractivity contribution in [3.05, 3.63) is 24.3 Å². The van der Waals surface area contributed by atoms with E-state index in [1.54, 1.807) is 0 Å². The Hall–Kier alpha value is -1.41. The summed E-state index contributed by atoms with van der Waals surface area (Å²) in [7, 11) is 0.